The SMILES string of the molecule is Cc1cc(O)ccc1C(=O)NCCC(C)(C)CCC(=O)O. The van der Waals surface area contributed by atoms with Gasteiger partial charge in [0.1, 0.15) is 5.75 Å². The molecule has 0 fully saturated rings. The first-order valence-corrected chi connectivity index (χ1v) is 7.01. The highest BCUT2D eigenvalue weighted by atomic mass is 16.4. The number of aliphatic carboxylic acids is 1. The fourth-order valence-electron chi connectivity index (χ4n) is 2.08. The lowest BCUT2D eigenvalue weighted by Crippen LogP contribution is -2.28. The summed E-state index contributed by atoms with van der Waals surface area (Å²) in [4.78, 5) is 22.6. The van der Waals surface area contributed by atoms with E-state index in [1.165, 1.54) is 6.07 Å². The standard InChI is InChI=1S/C16H23NO4/c1-11-10-12(18)4-5-13(11)15(21)17-9-8-16(2,3)7-6-14(19)20/h4-5,10,18H,6-9H2,1-3H3,(H,17,21)(H,19,20). The van der Waals surface area contributed by atoms with Gasteiger partial charge in [0.15, 0.2) is 0 Å². The molecule has 0 atom stereocenters. The first-order valence-electron chi connectivity index (χ1n) is 7.01. The van der Waals surface area contributed by atoms with E-state index in [4.69, 9.17) is 5.11 Å². The predicted molar refractivity (Wildman–Crippen MR) is 80.4 cm³/mol. The summed E-state index contributed by atoms with van der Waals surface area (Å²) < 4.78 is 0. The molecule has 0 saturated carbocycles. The molecule has 0 aliphatic rings. The summed E-state index contributed by atoms with van der Waals surface area (Å²) in [7, 11) is 0. The van der Waals surface area contributed by atoms with Crippen LogP contribution in [0.25, 0.3) is 0 Å². The van der Waals surface area contributed by atoms with Crippen molar-refractivity contribution in [1.82, 2.24) is 5.32 Å². The normalized spacial score (nSPS) is 11.2. The fraction of sp³-hybridized carbons (Fsp3) is 0.500. The van der Waals surface area contributed by atoms with Crippen molar-refractivity contribution < 1.29 is 19.8 Å². The second-order valence-electron chi connectivity index (χ2n) is 6.06. The van der Waals surface area contributed by atoms with Crippen LogP contribution in [0.1, 0.15) is 49.0 Å². The molecule has 0 aliphatic carbocycles. The number of nitrogens with one attached hydrogen (secondary N) is 1. The average Bonchev–Trinajstić information content (AvgIpc) is 2.36. The number of carbonyl (C=O) groups is 2. The molecular formula is C16H23NO4. The first-order chi connectivity index (χ1) is 9.71. The highest BCUT2D eigenvalue weighted by molar-refractivity contribution is 5.95. The molecule has 0 saturated heterocycles. The summed E-state index contributed by atoms with van der Waals surface area (Å²) in [6.45, 7) is 6.25. The van der Waals surface area contributed by atoms with Crippen LogP contribution in [0.3, 0.4) is 0 Å². The Labute approximate surface area is 125 Å². The Hall–Kier alpha value is -2.04. The Kier molecular flexibility index (Phi) is 5.76. The summed E-state index contributed by atoms with van der Waals surface area (Å²) in [5, 5.41) is 20.9. The second kappa shape index (κ2) is 7.11. The number of carboxylic acids is 1. The van der Waals surface area contributed by atoms with Crippen LogP contribution in [0.4, 0.5) is 0 Å². The number of rotatable bonds is 7. The third-order valence-electron chi connectivity index (χ3n) is 3.56. The molecule has 0 aliphatic heterocycles. The molecule has 1 rings (SSSR count). The Morgan fingerprint density at radius 1 is 1.24 bits per heavy atom. The number of aromatic hydroxyl groups is 1. The molecule has 0 aromatic heterocycles. The zero-order chi connectivity index (χ0) is 16.0. The van der Waals surface area contributed by atoms with Crippen LogP contribution in [0.5, 0.6) is 5.75 Å². The molecule has 1 aromatic rings. The van der Waals surface area contributed by atoms with Crippen molar-refractivity contribution in [2.75, 3.05) is 6.54 Å². The number of hydrogen-bond donors (Lipinski definition) is 3. The fourth-order valence-corrected chi connectivity index (χ4v) is 2.08. The summed E-state index contributed by atoms with van der Waals surface area (Å²) in [6, 6.07) is 4.62. The molecule has 0 unspecified atom stereocenters. The van der Waals surface area contributed by atoms with E-state index in [2.05, 4.69) is 5.32 Å². The van der Waals surface area contributed by atoms with Gasteiger partial charge in [-0.15, -0.1) is 0 Å². The van der Waals surface area contributed by atoms with E-state index >= 15 is 0 Å². The Morgan fingerprint density at radius 3 is 2.48 bits per heavy atom. The predicted octanol–water partition coefficient (Wildman–Crippen LogP) is 2.71. The first kappa shape index (κ1) is 17.0. The van der Waals surface area contributed by atoms with Gasteiger partial charge in [0.2, 0.25) is 0 Å². The highest BCUT2D eigenvalue weighted by Crippen LogP contribution is 2.26. The molecule has 1 aromatic carbocycles. The van der Waals surface area contributed by atoms with Crippen LogP contribution in [-0.2, 0) is 4.79 Å². The van der Waals surface area contributed by atoms with Crippen molar-refractivity contribution >= 4 is 11.9 Å². The van der Waals surface area contributed by atoms with Crippen molar-refractivity contribution in [3.8, 4) is 5.75 Å². The lowest BCUT2D eigenvalue weighted by molar-refractivity contribution is -0.137. The summed E-state index contributed by atoms with van der Waals surface area (Å²) in [5.74, 6) is -0.841. The molecule has 3 N–H and O–H groups in total. The minimum Gasteiger partial charge on any atom is -0.508 e. The topological polar surface area (TPSA) is 86.6 Å². The molecule has 1 amide bonds. The number of hydrogen-bond acceptors (Lipinski definition) is 3. The van der Waals surface area contributed by atoms with E-state index in [0.29, 0.717) is 24.9 Å². The van der Waals surface area contributed by atoms with Gasteiger partial charge in [-0.25, -0.2) is 0 Å². The van der Waals surface area contributed by atoms with Crippen molar-refractivity contribution in [3.05, 3.63) is 29.3 Å². The Bertz CT molecular complexity index is 523. The van der Waals surface area contributed by atoms with Crippen molar-refractivity contribution in [2.24, 2.45) is 5.41 Å². The van der Waals surface area contributed by atoms with Gasteiger partial charge in [-0.3, -0.25) is 9.59 Å². The second-order valence-corrected chi connectivity index (χ2v) is 6.06. The zero-order valence-corrected chi connectivity index (χ0v) is 12.8. The van der Waals surface area contributed by atoms with Gasteiger partial charge in [-0.1, -0.05) is 13.8 Å². The Balaban J connectivity index is 2.48. The lowest BCUT2D eigenvalue weighted by atomic mass is 9.84. The lowest BCUT2D eigenvalue weighted by Gasteiger charge is -2.23. The van der Waals surface area contributed by atoms with Crippen LogP contribution >= 0.6 is 0 Å². The number of amides is 1. The van der Waals surface area contributed by atoms with E-state index in [0.717, 1.165) is 5.56 Å². The van der Waals surface area contributed by atoms with Crippen molar-refractivity contribution in [1.29, 1.82) is 0 Å². The molecule has 0 bridgehead atoms. The molecule has 0 radical (unpaired) electrons. The van der Waals surface area contributed by atoms with Gasteiger partial charge in [-0.05, 0) is 48.9 Å². The molecule has 5 heteroatoms. The van der Waals surface area contributed by atoms with Crippen LogP contribution < -0.4 is 5.32 Å². The van der Waals surface area contributed by atoms with E-state index < -0.39 is 5.97 Å². The number of carboxylic acid groups (broad SMARTS) is 1. The van der Waals surface area contributed by atoms with Crippen LogP contribution in [0.15, 0.2) is 18.2 Å². The van der Waals surface area contributed by atoms with E-state index in [-0.39, 0.29) is 23.5 Å². The zero-order valence-electron chi connectivity index (χ0n) is 12.8. The number of aryl methyl sites for hydroxylation is 1. The van der Waals surface area contributed by atoms with E-state index in [1.807, 2.05) is 13.8 Å². The summed E-state index contributed by atoms with van der Waals surface area (Å²) in [5.41, 5.74) is 1.13. The number of benzene rings is 1. The minimum absolute atomic E-state index is 0.129. The number of phenols is 1. The smallest absolute Gasteiger partial charge is 0.303 e. The monoisotopic (exact) mass is 293 g/mol. The minimum atomic E-state index is -0.799. The average molecular weight is 293 g/mol. The molecule has 0 heterocycles. The van der Waals surface area contributed by atoms with Crippen LogP contribution in [0.2, 0.25) is 0 Å². The quantitative estimate of drug-likeness (QED) is 0.721. The van der Waals surface area contributed by atoms with Gasteiger partial charge in [0.25, 0.3) is 5.91 Å². The highest BCUT2D eigenvalue weighted by Gasteiger charge is 2.19. The van der Waals surface area contributed by atoms with Crippen molar-refractivity contribution in [3.63, 3.8) is 0 Å². The maximum absolute atomic E-state index is 12.0. The van der Waals surface area contributed by atoms with E-state index in [1.54, 1.807) is 19.1 Å². The van der Waals surface area contributed by atoms with Gasteiger partial charge < -0.3 is 15.5 Å². The van der Waals surface area contributed by atoms with Gasteiger partial charge in [0.05, 0.1) is 0 Å². The molecule has 5 nitrogen and oxygen atoms in total. The van der Waals surface area contributed by atoms with Crippen LogP contribution in [0, 0.1) is 12.3 Å². The number of carbonyl (C=O) groups excluding carboxylic acids is 1. The third kappa shape index (κ3) is 5.85. The molecular weight excluding hydrogens is 270 g/mol. The van der Waals surface area contributed by atoms with Crippen molar-refractivity contribution in [2.45, 2.75) is 40.0 Å². The number of phenolic OH excluding ortho intramolecular Hbond substituents is 1. The van der Waals surface area contributed by atoms with Gasteiger partial charge in [0, 0.05) is 18.5 Å². The largest absolute Gasteiger partial charge is 0.508 e. The van der Waals surface area contributed by atoms with Crippen LogP contribution in [-0.4, -0.2) is 28.6 Å². The van der Waals surface area contributed by atoms with Gasteiger partial charge >= 0.3 is 5.97 Å². The summed E-state index contributed by atoms with van der Waals surface area (Å²) in [6.07, 6.45) is 1.43. The van der Waals surface area contributed by atoms with Gasteiger partial charge in [-0.2, -0.15) is 0 Å². The third-order valence-corrected chi connectivity index (χ3v) is 3.56. The molecule has 21 heavy (non-hydrogen) atoms. The summed E-state index contributed by atoms with van der Waals surface area (Å²) >= 11 is 0. The maximum atomic E-state index is 12.0. The molecule has 0 spiro atoms. The van der Waals surface area contributed by atoms with E-state index in [9.17, 15) is 14.7 Å². The Morgan fingerprint density at radius 2 is 1.90 bits per heavy atom. The maximum Gasteiger partial charge on any atom is 0.303 e. The molecule has 116 valence electrons.